The summed E-state index contributed by atoms with van der Waals surface area (Å²) in [7, 11) is 3.16. The third kappa shape index (κ3) is 5.20. The summed E-state index contributed by atoms with van der Waals surface area (Å²) >= 11 is 1.63. The molecule has 4 rings (SSSR count). The molecule has 9 heteroatoms. The molecule has 0 bridgehead atoms. The highest BCUT2D eigenvalue weighted by Crippen LogP contribution is 2.32. The van der Waals surface area contributed by atoms with E-state index >= 15 is 0 Å². The lowest BCUT2D eigenvalue weighted by Crippen LogP contribution is -2.38. The fraction of sp³-hybridized carbons (Fsp3) is 0.208. The van der Waals surface area contributed by atoms with Crippen molar-refractivity contribution in [2.75, 3.05) is 36.7 Å². The van der Waals surface area contributed by atoms with E-state index in [4.69, 9.17) is 9.47 Å². The predicted octanol–water partition coefficient (Wildman–Crippen LogP) is 4.17. The van der Waals surface area contributed by atoms with E-state index in [1.807, 2.05) is 18.2 Å². The molecule has 3 amide bonds. The van der Waals surface area contributed by atoms with E-state index in [0.29, 0.717) is 29.3 Å². The lowest BCUT2D eigenvalue weighted by molar-refractivity contribution is 0.0950. The summed E-state index contributed by atoms with van der Waals surface area (Å²) in [6.07, 6.45) is 1.72. The molecule has 1 aliphatic rings. The molecule has 8 nitrogen and oxygen atoms in total. The zero-order chi connectivity index (χ0) is 23.2. The van der Waals surface area contributed by atoms with E-state index in [0.717, 1.165) is 22.0 Å². The van der Waals surface area contributed by atoms with Gasteiger partial charge in [-0.1, -0.05) is 6.07 Å². The van der Waals surface area contributed by atoms with E-state index in [2.05, 4.69) is 15.6 Å². The van der Waals surface area contributed by atoms with Gasteiger partial charge in [-0.25, -0.2) is 9.78 Å². The van der Waals surface area contributed by atoms with Gasteiger partial charge in [-0.2, -0.15) is 0 Å². The number of carbonyl (C=O) groups is 2. The zero-order valence-electron chi connectivity index (χ0n) is 18.3. The van der Waals surface area contributed by atoms with Gasteiger partial charge >= 0.3 is 6.03 Å². The summed E-state index contributed by atoms with van der Waals surface area (Å²) in [5.41, 5.74) is 2.55. The Balaban J connectivity index is 1.43. The minimum atomic E-state index is -0.264. The Kier molecular flexibility index (Phi) is 6.99. The third-order valence-electron chi connectivity index (χ3n) is 5.14. The fourth-order valence-corrected chi connectivity index (χ4v) is 4.42. The van der Waals surface area contributed by atoms with Crippen LogP contribution >= 0.6 is 11.8 Å². The second-order valence-electron chi connectivity index (χ2n) is 7.20. The summed E-state index contributed by atoms with van der Waals surface area (Å²) in [5.74, 6) is 1.84. The molecular formula is C24H24N4O4S. The highest BCUT2D eigenvalue weighted by Gasteiger charge is 2.23. The van der Waals surface area contributed by atoms with Gasteiger partial charge in [-0.05, 0) is 48.5 Å². The van der Waals surface area contributed by atoms with Crippen LogP contribution in [0.25, 0.3) is 0 Å². The average molecular weight is 465 g/mol. The average Bonchev–Trinajstić information content (AvgIpc) is 2.86. The molecule has 0 saturated carbocycles. The van der Waals surface area contributed by atoms with Gasteiger partial charge in [0.2, 0.25) is 0 Å². The number of amides is 3. The van der Waals surface area contributed by atoms with Gasteiger partial charge in [0.1, 0.15) is 16.5 Å². The largest absolute Gasteiger partial charge is 0.497 e. The number of hydrogen-bond donors (Lipinski definition) is 2. The number of thioether (sulfide) groups is 1. The lowest BCUT2D eigenvalue weighted by Gasteiger charge is -2.28. The first kappa shape index (κ1) is 22.5. The predicted molar refractivity (Wildman–Crippen MR) is 128 cm³/mol. The summed E-state index contributed by atoms with van der Waals surface area (Å²) in [6, 6.07) is 15.7. The van der Waals surface area contributed by atoms with Crippen LogP contribution in [0.15, 0.2) is 65.8 Å². The van der Waals surface area contributed by atoms with Crippen LogP contribution in [-0.2, 0) is 6.54 Å². The molecule has 0 fully saturated rings. The van der Waals surface area contributed by atoms with Crippen molar-refractivity contribution in [1.82, 2.24) is 10.3 Å². The van der Waals surface area contributed by atoms with Crippen molar-refractivity contribution < 1.29 is 19.1 Å². The van der Waals surface area contributed by atoms with Gasteiger partial charge in [0, 0.05) is 41.9 Å². The van der Waals surface area contributed by atoms with Crippen LogP contribution in [0.1, 0.15) is 15.9 Å². The number of nitrogens with one attached hydrogen (secondary N) is 2. The van der Waals surface area contributed by atoms with Gasteiger partial charge in [-0.3, -0.25) is 9.69 Å². The van der Waals surface area contributed by atoms with Crippen molar-refractivity contribution >= 4 is 35.1 Å². The zero-order valence-corrected chi connectivity index (χ0v) is 19.1. The first-order chi connectivity index (χ1) is 16.1. The number of aromatic nitrogens is 1. The summed E-state index contributed by atoms with van der Waals surface area (Å²) < 4.78 is 10.6. The molecule has 1 aliphatic heterocycles. The fourth-order valence-electron chi connectivity index (χ4n) is 3.49. The minimum absolute atomic E-state index is 0.261. The number of ether oxygens (including phenoxy) is 2. The SMILES string of the molecule is COc1ccc(OC)c(CNC(=O)c2cccc(NC(=O)N3CCSc4ncccc43)c2)c1. The molecule has 0 saturated heterocycles. The molecule has 0 aliphatic carbocycles. The number of pyridine rings is 1. The second-order valence-corrected chi connectivity index (χ2v) is 8.28. The van der Waals surface area contributed by atoms with Crippen LogP contribution in [0.5, 0.6) is 11.5 Å². The van der Waals surface area contributed by atoms with E-state index in [9.17, 15) is 9.59 Å². The maximum atomic E-state index is 12.9. The number of urea groups is 1. The molecule has 1 aromatic heterocycles. The number of nitrogens with zero attached hydrogens (tertiary/aromatic N) is 2. The third-order valence-corrected chi connectivity index (χ3v) is 6.12. The van der Waals surface area contributed by atoms with Crippen molar-refractivity contribution in [2.45, 2.75) is 11.6 Å². The number of rotatable bonds is 6. The van der Waals surface area contributed by atoms with Crippen molar-refractivity contribution in [2.24, 2.45) is 0 Å². The van der Waals surface area contributed by atoms with E-state index in [1.165, 1.54) is 0 Å². The Morgan fingerprint density at radius 3 is 2.79 bits per heavy atom. The second kappa shape index (κ2) is 10.3. The van der Waals surface area contributed by atoms with Crippen LogP contribution in [-0.4, -0.2) is 43.4 Å². The van der Waals surface area contributed by atoms with Gasteiger partial charge in [-0.15, -0.1) is 11.8 Å². The van der Waals surface area contributed by atoms with Gasteiger partial charge < -0.3 is 20.1 Å². The van der Waals surface area contributed by atoms with Gasteiger partial charge in [0.05, 0.1) is 19.9 Å². The van der Waals surface area contributed by atoms with Crippen LogP contribution in [0.2, 0.25) is 0 Å². The monoisotopic (exact) mass is 464 g/mol. The Labute approximate surface area is 196 Å². The smallest absolute Gasteiger partial charge is 0.326 e. The molecule has 2 N–H and O–H groups in total. The lowest BCUT2D eigenvalue weighted by atomic mass is 10.1. The van der Waals surface area contributed by atoms with Gasteiger partial charge in [0.25, 0.3) is 5.91 Å². The molecule has 0 atom stereocenters. The normalized spacial score (nSPS) is 12.5. The summed E-state index contributed by atoms with van der Waals surface area (Å²) in [6.45, 7) is 0.850. The molecule has 0 radical (unpaired) electrons. The number of hydrogen-bond acceptors (Lipinski definition) is 6. The molecule has 33 heavy (non-hydrogen) atoms. The number of fused-ring (bicyclic) bond motifs is 1. The highest BCUT2D eigenvalue weighted by molar-refractivity contribution is 7.99. The van der Waals surface area contributed by atoms with Crippen LogP contribution in [0, 0.1) is 0 Å². The number of carbonyl (C=O) groups excluding carboxylic acids is 2. The first-order valence-electron chi connectivity index (χ1n) is 10.3. The van der Waals surface area contributed by atoms with Crippen LogP contribution in [0.3, 0.4) is 0 Å². The first-order valence-corrected chi connectivity index (χ1v) is 11.3. The van der Waals surface area contributed by atoms with Crippen LogP contribution < -0.4 is 25.0 Å². The molecular weight excluding hydrogens is 440 g/mol. The van der Waals surface area contributed by atoms with Crippen molar-refractivity contribution in [1.29, 1.82) is 0 Å². The van der Waals surface area contributed by atoms with Crippen molar-refractivity contribution in [3.8, 4) is 11.5 Å². The number of benzene rings is 2. The maximum Gasteiger partial charge on any atom is 0.326 e. The number of anilines is 2. The van der Waals surface area contributed by atoms with E-state index in [-0.39, 0.29) is 18.5 Å². The summed E-state index contributed by atoms with van der Waals surface area (Å²) in [5, 5.41) is 6.61. The molecule has 2 heterocycles. The van der Waals surface area contributed by atoms with E-state index in [1.54, 1.807) is 73.5 Å². The summed E-state index contributed by atoms with van der Waals surface area (Å²) in [4.78, 5) is 31.7. The standard InChI is InChI=1S/C24H24N4O4S/c1-31-19-8-9-21(32-2)17(14-19)15-26-22(29)16-5-3-6-18(13-16)27-24(30)28-11-12-33-23-20(28)7-4-10-25-23/h3-10,13-14H,11-12,15H2,1-2H3,(H,26,29)(H,27,30). The molecule has 2 aromatic carbocycles. The topological polar surface area (TPSA) is 92.8 Å². The Morgan fingerprint density at radius 1 is 1.09 bits per heavy atom. The quantitative estimate of drug-likeness (QED) is 0.569. The molecule has 170 valence electrons. The Bertz CT molecular complexity index is 1170. The van der Waals surface area contributed by atoms with Crippen molar-refractivity contribution in [3.63, 3.8) is 0 Å². The number of methoxy groups -OCH3 is 2. The molecule has 3 aromatic rings. The molecule has 0 unspecified atom stereocenters. The minimum Gasteiger partial charge on any atom is -0.497 e. The maximum absolute atomic E-state index is 12.9. The van der Waals surface area contributed by atoms with Gasteiger partial charge in [0.15, 0.2) is 0 Å². The van der Waals surface area contributed by atoms with Crippen LogP contribution in [0.4, 0.5) is 16.2 Å². The van der Waals surface area contributed by atoms with Crippen molar-refractivity contribution in [3.05, 3.63) is 71.9 Å². The Morgan fingerprint density at radius 2 is 1.97 bits per heavy atom. The van der Waals surface area contributed by atoms with E-state index < -0.39 is 0 Å². The molecule has 0 spiro atoms. The highest BCUT2D eigenvalue weighted by atomic mass is 32.2. The Hall–Kier alpha value is -3.72.